The van der Waals surface area contributed by atoms with E-state index in [1.54, 1.807) is 0 Å². The van der Waals surface area contributed by atoms with Crippen LogP contribution in [0.4, 0.5) is 4.79 Å². The molecule has 88 valence electrons. The van der Waals surface area contributed by atoms with Crippen LogP contribution in [0.5, 0.6) is 0 Å². The molecule has 0 rings (SSSR count). The molecule has 0 aromatic heterocycles. The summed E-state index contributed by atoms with van der Waals surface area (Å²) >= 11 is 0. The van der Waals surface area contributed by atoms with E-state index in [4.69, 9.17) is 5.11 Å². The van der Waals surface area contributed by atoms with Gasteiger partial charge in [-0.2, -0.15) is 0 Å². The largest absolute Gasteiger partial charge is 0.480 e. The van der Waals surface area contributed by atoms with Crippen molar-refractivity contribution in [2.24, 2.45) is 5.92 Å². The van der Waals surface area contributed by atoms with E-state index < -0.39 is 18.0 Å². The number of carboxylic acids is 1. The van der Waals surface area contributed by atoms with Gasteiger partial charge in [-0.25, -0.2) is 9.59 Å². The molecule has 5 nitrogen and oxygen atoms in total. The van der Waals surface area contributed by atoms with E-state index in [0.717, 1.165) is 0 Å². The zero-order valence-electron chi connectivity index (χ0n) is 9.70. The first kappa shape index (κ1) is 13.7. The Hall–Kier alpha value is -1.26. The third-order valence-electron chi connectivity index (χ3n) is 1.73. The van der Waals surface area contributed by atoms with Crippen LogP contribution in [-0.4, -0.2) is 29.2 Å². The van der Waals surface area contributed by atoms with Gasteiger partial charge in [-0.3, -0.25) is 0 Å². The predicted molar refractivity (Wildman–Crippen MR) is 57.7 cm³/mol. The van der Waals surface area contributed by atoms with Gasteiger partial charge in [0.1, 0.15) is 6.04 Å². The van der Waals surface area contributed by atoms with Gasteiger partial charge in [-0.1, -0.05) is 13.8 Å². The summed E-state index contributed by atoms with van der Waals surface area (Å²) in [6.45, 7) is 7.46. The number of amides is 2. The fourth-order valence-corrected chi connectivity index (χ4v) is 1.15. The zero-order valence-corrected chi connectivity index (χ0v) is 9.70. The van der Waals surface area contributed by atoms with Crippen LogP contribution >= 0.6 is 0 Å². The summed E-state index contributed by atoms with van der Waals surface area (Å²) < 4.78 is 0. The summed E-state index contributed by atoms with van der Waals surface area (Å²) in [6.07, 6.45) is 0.431. The Kier molecular flexibility index (Phi) is 5.74. The number of nitrogens with one attached hydrogen (secondary N) is 2. The van der Waals surface area contributed by atoms with Crippen molar-refractivity contribution in [3.05, 3.63) is 0 Å². The number of carbonyl (C=O) groups is 2. The first-order chi connectivity index (χ1) is 6.82. The third-order valence-corrected chi connectivity index (χ3v) is 1.73. The topological polar surface area (TPSA) is 78.4 Å². The molecular weight excluding hydrogens is 196 g/mol. The maximum atomic E-state index is 11.3. The Balaban J connectivity index is 4.16. The second-order valence-electron chi connectivity index (χ2n) is 4.29. The summed E-state index contributed by atoms with van der Waals surface area (Å²) in [5, 5.41) is 13.9. The van der Waals surface area contributed by atoms with Crippen molar-refractivity contribution in [2.45, 2.75) is 46.2 Å². The van der Waals surface area contributed by atoms with Crippen molar-refractivity contribution in [3.63, 3.8) is 0 Å². The normalized spacial score (nSPS) is 12.7. The number of carbonyl (C=O) groups excluding carboxylic acids is 1. The average Bonchev–Trinajstić information content (AvgIpc) is 1.99. The molecule has 15 heavy (non-hydrogen) atoms. The van der Waals surface area contributed by atoms with Gasteiger partial charge in [0, 0.05) is 6.04 Å². The Morgan fingerprint density at radius 2 is 1.67 bits per heavy atom. The Morgan fingerprint density at radius 3 is 2.00 bits per heavy atom. The van der Waals surface area contributed by atoms with Crippen molar-refractivity contribution >= 4 is 12.0 Å². The fourth-order valence-electron chi connectivity index (χ4n) is 1.15. The van der Waals surface area contributed by atoms with Crippen molar-refractivity contribution < 1.29 is 14.7 Å². The second-order valence-corrected chi connectivity index (χ2v) is 4.29. The molecule has 0 spiro atoms. The van der Waals surface area contributed by atoms with Gasteiger partial charge in [0.05, 0.1) is 0 Å². The van der Waals surface area contributed by atoms with E-state index >= 15 is 0 Å². The summed E-state index contributed by atoms with van der Waals surface area (Å²) in [4.78, 5) is 22.1. The Bertz CT molecular complexity index is 227. The number of urea groups is 1. The highest BCUT2D eigenvalue weighted by Gasteiger charge is 2.20. The molecule has 2 amide bonds. The predicted octanol–water partition coefficient (Wildman–Crippen LogP) is 1.19. The Morgan fingerprint density at radius 1 is 1.13 bits per heavy atom. The van der Waals surface area contributed by atoms with E-state index in [0.29, 0.717) is 6.42 Å². The molecular formula is C10H20N2O3. The summed E-state index contributed by atoms with van der Waals surface area (Å²) in [5.74, 6) is -0.770. The minimum atomic E-state index is -0.998. The van der Waals surface area contributed by atoms with E-state index in [1.807, 2.05) is 27.7 Å². The molecule has 0 aromatic carbocycles. The number of carboxylic acid groups (broad SMARTS) is 1. The maximum absolute atomic E-state index is 11.3. The number of rotatable bonds is 5. The number of aliphatic carboxylic acids is 1. The van der Waals surface area contributed by atoms with E-state index in [2.05, 4.69) is 10.6 Å². The van der Waals surface area contributed by atoms with Gasteiger partial charge >= 0.3 is 12.0 Å². The molecule has 0 bridgehead atoms. The molecule has 0 aliphatic rings. The van der Waals surface area contributed by atoms with Gasteiger partial charge in [0.25, 0.3) is 0 Å². The molecule has 3 N–H and O–H groups in total. The first-order valence-corrected chi connectivity index (χ1v) is 5.12. The fraction of sp³-hybridized carbons (Fsp3) is 0.800. The van der Waals surface area contributed by atoms with Gasteiger partial charge in [0.2, 0.25) is 0 Å². The third kappa shape index (κ3) is 6.76. The SMILES string of the molecule is CC(C)C[C@H](NC(=O)NC(C)C)C(=O)O. The van der Waals surface area contributed by atoms with Crippen LogP contribution in [0.15, 0.2) is 0 Å². The van der Waals surface area contributed by atoms with Gasteiger partial charge in [-0.15, -0.1) is 0 Å². The molecule has 5 heteroatoms. The number of hydrogen-bond donors (Lipinski definition) is 3. The van der Waals surface area contributed by atoms with Crippen LogP contribution in [0, 0.1) is 5.92 Å². The highest BCUT2D eigenvalue weighted by molar-refractivity contribution is 5.82. The van der Waals surface area contributed by atoms with Crippen molar-refractivity contribution in [3.8, 4) is 0 Å². The minimum absolute atomic E-state index is 0.00139. The van der Waals surface area contributed by atoms with E-state index in [-0.39, 0.29) is 12.0 Å². The van der Waals surface area contributed by atoms with Crippen molar-refractivity contribution in [1.29, 1.82) is 0 Å². The zero-order chi connectivity index (χ0) is 12.0. The average molecular weight is 216 g/mol. The lowest BCUT2D eigenvalue weighted by atomic mass is 10.0. The summed E-state index contributed by atoms with van der Waals surface area (Å²) in [7, 11) is 0. The molecule has 0 saturated carbocycles. The van der Waals surface area contributed by atoms with Crippen LogP contribution in [0.3, 0.4) is 0 Å². The molecule has 0 aliphatic carbocycles. The van der Waals surface area contributed by atoms with Crippen molar-refractivity contribution in [2.75, 3.05) is 0 Å². The molecule has 0 radical (unpaired) electrons. The lowest BCUT2D eigenvalue weighted by Crippen LogP contribution is -2.48. The summed E-state index contributed by atoms with van der Waals surface area (Å²) in [5.41, 5.74) is 0. The molecule has 0 saturated heterocycles. The molecule has 0 unspecified atom stereocenters. The van der Waals surface area contributed by atoms with Crippen LogP contribution < -0.4 is 10.6 Å². The Labute approximate surface area is 90.2 Å². The van der Waals surface area contributed by atoms with Crippen molar-refractivity contribution in [1.82, 2.24) is 10.6 Å². The highest BCUT2D eigenvalue weighted by Crippen LogP contribution is 2.04. The lowest BCUT2D eigenvalue weighted by molar-refractivity contribution is -0.139. The van der Waals surface area contributed by atoms with Crippen LogP contribution in [0.1, 0.15) is 34.1 Å². The quantitative estimate of drug-likeness (QED) is 0.646. The van der Waals surface area contributed by atoms with Gasteiger partial charge in [-0.05, 0) is 26.2 Å². The monoisotopic (exact) mass is 216 g/mol. The molecule has 0 fully saturated rings. The molecule has 1 atom stereocenters. The van der Waals surface area contributed by atoms with Gasteiger partial charge in [0.15, 0.2) is 0 Å². The van der Waals surface area contributed by atoms with Crippen LogP contribution in [0.25, 0.3) is 0 Å². The molecule has 0 aliphatic heterocycles. The number of hydrogen-bond acceptors (Lipinski definition) is 2. The molecule has 0 heterocycles. The van der Waals surface area contributed by atoms with Crippen LogP contribution in [-0.2, 0) is 4.79 Å². The minimum Gasteiger partial charge on any atom is -0.480 e. The first-order valence-electron chi connectivity index (χ1n) is 5.12. The maximum Gasteiger partial charge on any atom is 0.326 e. The highest BCUT2D eigenvalue weighted by atomic mass is 16.4. The van der Waals surface area contributed by atoms with Crippen LogP contribution in [0.2, 0.25) is 0 Å². The van der Waals surface area contributed by atoms with Gasteiger partial charge < -0.3 is 15.7 Å². The van der Waals surface area contributed by atoms with E-state index in [1.165, 1.54) is 0 Å². The smallest absolute Gasteiger partial charge is 0.326 e. The second kappa shape index (κ2) is 6.27. The van der Waals surface area contributed by atoms with E-state index in [9.17, 15) is 9.59 Å². The standard InChI is InChI=1S/C10H20N2O3/c1-6(2)5-8(9(13)14)12-10(15)11-7(3)4/h6-8H,5H2,1-4H3,(H,13,14)(H2,11,12,15)/t8-/m0/s1. The summed E-state index contributed by atoms with van der Waals surface area (Å²) in [6, 6.07) is -1.25. The molecule has 0 aromatic rings. The lowest BCUT2D eigenvalue weighted by Gasteiger charge is -2.17.